The first kappa shape index (κ1) is 13.4. The van der Waals surface area contributed by atoms with Crippen molar-refractivity contribution >= 4 is 5.91 Å². The van der Waals surface area contributed by atoms with E-state index in [9.17, 15) is 4.79 Å². The molecular formula is C10H21NO3. The number of carbonyl (C=O) groups is 1. The van der Waals surface area contributed by atoms with Crippen LogP contribution in [-0.2, 0) is 14.3 Å². The van der Waals surface area contributed by atoms with Crippen LogP contribution in [0.2, 0.25) is 0 Å². The van der Waals surface area contributed by atoms with E-state index in [2.05, 4.69) is 5.32 Å². The average Bonchev–Trinajstić information content (AvgIpc) is 2.08. The predicted octanol–water partition coefficient (Wildman–Crippen LogP) is 0.953. The summed E-state index contributed by atoms with van der Waals surface area (Å²) in [5.41, 5.74) is 0. The summed E-state index contributed by atoms with van der Waals surface area (Å²) in [6, 6.07) is 0. The van der Waals surface area contributed by atoms with Gasteiger partial charge in [0, 0.05) is 6.54 Å². The summed E-state index contributed by atoms with van der Waals surface area (Å²) in [5.74, 6) is -0.0916. The lowest BCUT2D eigenvalue weighted by molar-refractivity contribution is -0.127. The number of nitrogens with one attached hydrogen (secondary N) is 1. The van der Waals surface area contributed by atoms with Gasteiger partial charge in [0.15, 0.2) is 0 Å². The fourth-order valence-corrected chi connectivity index (χ4v) is 0.778. The molecular weight excluding hydrogens is 182 g/mol. The smallest absolute Gasteiger partial charge is 0.246 e. The quantitative estimate of drug-likeness (QED) is 0.627. The van der Waals surface area contributed by atoms with E-state index in [1.807, 2.05) is 27.7 Å². The van der Waals surface area contributed by atoms with E-state index in [1.165, 1.54) is 0 Å². The molecule has 0 aromatic heterocycles. The Labute approximate surface area is 86.0 Å². The van der Waals surface area contributed by atoms with E-state index in [-0.39, 0.29) is 24.7 Å². The van der Waals surface area contributed by atoms with Crippen LogP contribution in [0.4, 0.5) is 0 Å². The third kappa shape index (κ3) is 9.48. The Morgan fingerprint density at radius 2 is 1.71 bits per heavy atom. The highest BCUT2D eigenvalue weighted by molar-refractivity contribution is 5.77. The van der Waals surface area contributed by atoms with Gasteiger partial charge in [0.05, 0.1) is 18.8 Å². The number of rotatable bonds is 7. The molecule has 0 aliphatic heterocycles. The van der Waals surface area contributed by atoms with E-state index in [0.717, 1.165) is 0 Å². The van der Waals surface area contributed by atoms with Crippen LogP contribution in [0.15, 0.2) is 0 Å². The molecule has 4 heteroatoms. The second kappa shape index (κ2) is 7.76. The SMILES string of the molecule is CC(C)OCCNC(=O)COC(C)C. The maximum absolute atomic E-state index is 11.1. The van der Waals surface area contributed by atoms with Crippen LogP contribution in [0.3, 0.4) is 0 Å². The van der Waals surface area contributed by atoms with Gasteiger partial charge in [-0.2, -0.15) is 0 Å². The van der Waals surface area contributed by atoms with Gasteiger partial charge in [0.25, 0.3) is 0 Å². The molecule has 4 nitrogen and oxygen atoms in total. The van der Waals surface area contributed by atoms with Crippen molar-refractivity contribution in [2.75, 3.05) is 19.8 Å². The highest BCUT2D eigenvalue weighted by Gasteiger charge is 2.02. The lowest BCUT2D eigenvalue weighted by atomic mass is 10.5. The number of ether oxygens (including phenoxy) is 2. The predicted molar refractivity (Wildman–Crippen MR) is 55.2 cm³/mol. The van der Waals surface area contributed by atoms with Crippen molar-refractivity contribution in [3.05, 3.63) is 0 Å². The first-order valence-corrected chi connectivity index (χ1v) is 5.02. The number of amides is 1. The van der Waals surface area contributed by atoms with Crippen molar-refractivity contribution in [2.45, 2.75) is 39.9 Å². The van der Waals surface area contributed by atoms with E-state index < -0.39 is 0 Å². The van der Waals surface area contributed by atoms with E-state index in [4.69, 9.17) is 9.47 Å². The first-order chi connectivity index (χ1) is 6.52. The largest absolute Gasteiger partial charge is 0.377 e. The summed E-state index contributed by atoms with van der Waals surface area (Å²) in [6.07, 6.45) is 0.298. The molecule has 84 valence electrons. The fraction of sp³-hybridized carbons (Fsp3) is 0.900. The molecule has 0 spiro atoms. The maximum Gasteiger partial charge on any atom is 0.246 e. The molecule has 0 bridgehead atoms. The molecule has 14 heavy (non-hydrogen) atoms. The summed E-state index contributed by atoms with van der Waals surface area (Å²) in [6.45, 7) is 8.93. The van der Waals surface area contributed by atoms with Crippen molar-refractivity contribution in [3.8, 4) is 0 Å². The Kier molecular flexibility index (Phi) is 7.42. The molecule has 0 atom stereocenters. The maximum atomic E-state index is 11.1. The van der Waals surface area contributed by atoms with Gasteiger partial charge >= 0.3 is 0 Å². The fourth-order valence-electron chi connectivity index (χ4n) is 0.778. The third-order valence-electron chi connectivity index (χ3n) is 1.42. The number of carbonyl (C=O) groups excluding carboxylic acids is 1. The molecule has 0 heterocycles. The zero-order chi connectivity index (χ0) is 11.0. The lowest BCUT2D eigenvalue weighted by Gasteiger charge is -2.10. The van der Waals surface area contributed by atoms with Gasteiger partial charge in [-0.25, -0.2) is 0 Å². The monoisotopic (exact) mass is 203 g/mol. The molecule has 1 amide bonds. The highest BCUT2D eigenvalue weighted by atomic mass is 16.5. The van der Waals surface area contributed by atoms with E-state index in [0.29, 0.717) is 13.2 Å². The third-order valence-corrected chi connectivity index (χ3v) is 1.42. The van der Waals surface area contributed by atoms with Gasteiger partial charge in [-0.1, -0.05) is 0 Å². The minimum atomic E-state index is -0.0916. The number of hydrogen-bond acceptors (Lipinski definition) is 3. The number of hydrogen-bond donors (Lipinski definition) is 1. The summed E-state index contributed by atoms with van der Waals surface area (Å²) >= 11 is 0. The van der Waals surface area contributed by atoms with Crippen molar-refractivity contribution < 1.29 is 14.3 Å². The minimum absolute atomic E-state index is 0.0904. The molecule has 0 aliphatic rings. The molecule has 0 fully saturated rings. The molecule has 0 aromatic rings. The molecule has 0 aliphatic carbocycles. The standard InChI is InChI=1S/C10H21NO3/c1-8(2)13-6-5-11-10(12)7-14-9(3)4/h8-9H,5-7H2,1-4H3,(H,11,12). The van der Waals surface area contributed by atoms with Crippen LogP contribution in [0.5, 0.6) is 0 Å². The van der Waals surface area contributed by atoms with E-state index >= 15 is 0 Å². The first-order valence-electron chi connectivity index (χ1n) is 5.02. The van der Waals surface area contributed by atoms with Crippen LogP contribution >= 0.6 is 0 Å². The van der Waals surface area contributed by atoms with Crippen molar-refractivity contribution in [2.24, 2.45) is 0 Å². The Hall–Kier alpha value is -0.610. The molecule has 1 N–H and O–H groups in total. The zero-order valence-electron chi connectivity index (χ0n) is 9.50. The van der Waals surface area contributed by atoms with Crippen molar-refractivity contribution in [3.63, 3.8) is 0 Å². The van der Waals surface area contributed by atoms with Crippen LogP contribution in [0.25, 0.3) is 0 Å². The average molecular weight is 203 g/mol. The normalized spacial score (nSPS) is 11.0. The Bertz CT molecular complexity index is 157. The highest BCUT2D eigenvalue weighted by Crippen LogP contribution is 1.87. The van der Waals surface area contributed by atoms with Gasteiger partial charge in [-0.3, -0.25) is 4.79 Å². The Morgan fingerprint density at radius 3 is 2.21 bits per heavy atom. The Morgan fingerprint density at radius 1 is 1.14 bits per heavy atom. The van der Waals surface area contributed by atoms with Gasteiger partial charge in [0.2, 0.25) is 5.91 Å². The second-order valence-electron chi connectivity index (χ2n) is 3.63. The van der Waals surface area contributed by atoms with Crippen molar-refractivity contribution in [1.29, 1.82) is 0 Å². The molecule has 0 unspecified atom stereocenters. The van der Waals surface area contributed by atoms with Crippen LogP contribution < -0.4 is 5.32 Å². The van der Waals surface area contributed by atoms with Gasteiger partial charge in [-0.15, -0.1) is 0 Å². The van der Waals surface area contributed by atoms with E-state index in [1.54, 1.807) is 0 Å². The molecule has 0 aromatic carbocycles. The Balaban J connectivity index is 3.27. The van der Waals surface area contributed by atoms with Gasteiger partial charge in [-0.05, 0) is 27.7 Å². The molecule has 0 rings (SSSR count). The van der Waals surface area contributed by atoms with Crippen molar-refractivity contribution in [1.82, 2.24) is 5.32 Å². The van der Waals surface area contributed by atoms with Gasteiger partial charge in [0.1, 0.15) is 6.61 Å². The summed E-state index contributed by atoms with van der Waals surface area (Å²) in [5, 5.41) is 2.70. The molecule has 0 saturated heterocycles. The van der Waals surface area contributed by atoms with Crippen LogP contribution in [-0.4, -0.2) is 37.9 Å². The minimum Gasteiger partial charge on any atom is -0.377 e. The zero-order valence-corrected chi connectivity index (χ0v) is 9.50. The topological polar surface area (TPSA) is 47.6 Å². The summed E-state index contributed by atoms with van der Waals surface area (Å²) in [4.78, 5) is 11.1. The lowest BCUT2D eigenvalue weighted by Crippen LogP contribution is -2.32. The van der Waals surface area contributed by atoms with Crippen LogP contribution in [0.1, 0.15) is 27.7 Å². The summed E-state index contributed by atoms with van der Waals surface area (Å²) in [7, 11) is 0. The van der Waals surface area contributed by atoms with Gasteiger partial charge < -0.3 is 14.8 Å². The summed E-state index contributed by atoms with van der Waals surface area (Å²) < 4.78 is 10.4. The van der Waals surface area contributed by atoms with Crippen LogP contribution in [0, 0.1) is 0 Å². The molecule has 0 radical (unpaired) electrons. The second-order valence-corrected chi connectivity index (χ2v) is 3.63. The molecule has 0 saturated carbocycles.